The van der Waals surface area contributed by atoms with Crippen molar-refractivity contribution < 1.29 is 0 Å². The molecule has 0 saturated carbocycles. The van der Waals surface area contributed by atoms with Crippen molar-refractivity contribution in [3.8, 4) is 0 Å². The Bertz CT molecular complexity index is 737. The van der Waals surface area contributed by atoms with Crippen molar-refractivity contribution in [3.63, 3.8) is 0 Å². The molecule has 0 aliphatic carbocycles. The fourth-order valence-corrected chi connectivity index (χ4v) is 2.25. The molecular weight excluding hydrogens is 301 g/mol. The van der Waals surface area contributed by atoms with Gasteiger partial charge in [0.05, 0.1) is 6.54 Å². The Morgan fingerprint density at radius 1 is 1.20 bits per heavy atom. The van der Waals surface area contributed by atoms with Gasteiger partial charge in [0.25, 0.3) is 5.56 Å². The third kappa shape index (κ3) is 3.11. The minimum Gasteiger partial charge on any atom is -0.300 e. The summed E-state index contributed by atoms with van der Waals surface area (Å²) in [5, 5.41) is 0.456. The topological polar surface area (TPSA) is 56.9 Å². The van der Waals surface area contributed by atoms with Gasteiger partial charge in [-0.25, -0.2) is 9.78 Å². The van der Waals surface area contributed by atoms with E-state index >= 15 is 0 Å². The van der Waals surface area contributed by atoms with Crippen LogP contribution in [0.15, 0.2) is 34.0 Å². The molecule has 2 aromatic rings. The largest absolute Gasteiger partial charge is 0.331 e. The van der Waals surface area contributed by atoms with Crippen molar-refractivity contribution in [3.05, 3.63) is 61.1 Å². The molecule has 0 bridgehead atoms. The molecule has 0 amide bonds. The fourth-order valence-electron chi connectivity index (χ4n) is 1.84. The van der Waals surface area contributed by atoms with Crippen LogP contribution in [0.4, 0.5) is 0 Å². The summed E-state index contributed by atoms with van der Waals surface area (Å²) in [6.07, 6.45) is 2.31. The van der Waals surface area contributed by atoms with Crippen LogP contribution in [0, 0.1) is 0 Å². The van der Waals surface area contributed by atoms with E-state index in [9.17, 15) is 9.59 Å². The summed E-state index contributed by atoms with van der Waals surface area (Å²) in [6.45, 7) is 2.60. The van der Waals surface area contributed by atoms with Gasteiger partial charge in [-0.2, -0.15) is 0 Å². The molecule has 5 nitrogen and oxygen atoms in total. The molecule has 7 heteroatoms. The van der Waals surface area contributed by atoms with Crippen LogP contribution >= 0.6 is 23.2 Å². The first-order chi connectivity index (χ1) is 9.52. The van der Waals surface area contributed by atoms with Crippen molar-refractivity contribution in [2.45, 2.75) is 26.4 Å². The van der Waals surface area contributed by atoms with Crippen LogP contribution in [0.1, 0.15) is 18.9 Å². The molecule has 0 aliphatic rings. The van der Waals surface area contributed by atoms with Gasteiger partial charge < -0.3 is 4.57 Å². The highest BCUT2D eigenvalue weighted by Gasteiger charge is 2.09. The minimum atomic E-state index is -0.367. The number of nitrogens with zero attached hydrogens (tertiary/aromatic N) is 3. The lowest BCUT2D eigenvalue weighted by atomic mass is 10.3. The molecule has 2 aromatic heterocycles. The summed E-state index contributed by atoms with van der Waals surface area (Å²) in [5.74, 6) is 0. The van der Waals surface area contributed by atoms with Gasteiger partial charge in [-0.05, 0) is 12.5 Å². The van der Waals surface area contributed by atoms with Crippen LogP contribution in [0.25, 0.3) is 0 Å². The standard InChI is InChI=1S/C13H13Cl2N3O2/c1-2-6-17-7-5-11(19)18(13(17)20)8-9-3-4-10(14)16-12(9)15/h3-5,7H,2,6,8H2,1H3. The van der Waals surface area contributed by atoms with Crippen LogP contribution in [0.3, 0.4) is 0 Å². The van der Waals surface area contributed by atoms with Crippen molar-refractivity contribution in [1.82, 2.24) is 14.1 Å². The number of pyridine rings is 1. The number of rotatable bonds is 4. The molecule has 0 aliphatic heterocycles. The van der Waals surface area contributed by atoms with Gasteiger partial charge in [0.2, 0.25) is 0 Å². The zero-order valence-corrected chi connectivity index (χ0v) is 12.4. The smallest absolute Gasteiger partial charge is 0.300 e. The molecule has 0 radical (unpaired) electrons. The lowest BCUT2D eigenvalue weighted by Crippen LogP contribution is -2.39. The normalized spacial score (nSPS) is 10.8. The molecule has 2 rings (SSSR count). The SMILES string of the molecule is CCCn1ccc(=O)n(Cc2ccc(Cl)nc2Cl)c1=O. The summed E-state index contributed by atoms with van der Waals surface area (Å²) >= 11 is 11.7. The quantitative estimate of drug-likeness (QED) is 0.813. The van der Waals surface area contributed by atoms with E-state index in [2.05, 4.69) is 4.98 Å². The Hall–Kier alpha value is -1.59. The van der Waals surface area contributed by atoms with Crippen molar-refractivity contribution in [1.29, 1.82) is 0 Å². The predicted octanol–water partition coefficient (Wildman–Crippen LogP) is 2.17. The maximum atomic E-state index is 12.2. The van der Waals surface area contributed by atoms with Crippen LogP contribution in [-0.4, -0.2) is 14.1 Å². The molecule has 106 valence electrons. The third-order valence-corrected chi connectivity index (χ3v) is 3.36. The average molecular weight is 314 g/mol. The van der Waals surface area contributed by atoms with E-state index < -0.39 is 0 Å². The molecule has 0 spiro atoms. The van der Waals surface area contributed by atoms with Crippen molar-refractivity contribution in [2.75, 3.05) is 0 Å². The number of hydrogen-bond donors (Lipinski definition) is 0. The van der Waals surface area contributed by atoms with E-state index in [4.69, 9.17) is 23.2 Å². The summed E-state index contributed by atoms with van der Waals surface area (Å²) in [6, 6.07) is 4.59. The second-order valence-corrected chi connectivity index (χ2v) is 5.05. The van der Waals surface area contributed by atoms with Gasteiger partial charge >= 0.3 is 5.69 Å². The molecule has 0 saturated heterocycles. The first-order valence-corrected chi connectivity index (χ1v) is 6.89. The molecule has 0 fully saturated rings. The van der Waals surface area contributed by atoms with Crippen molar-refractivity contribution in [2.24, 2.45) is 0 Å². The molecule has 0 aromatic carbocycles. The van der Waals surface area contributed by atoms with E-state index in [1.54, 1.807) is 12.1 Å². The average Bonchev–Trinajstić information content (AvgIpc) is 2.40. The Morgan fingerprint density at radius 2 is 1.95 bits per heavy atom. The van der Waals surface area contributed by atoms with E-state index in [0.29, 0.717) is 12.1 Å². The lowest BCUT2D eigenvalue weighted by Gasteiger charge is -2.09. The number of aromatic nitrogens is 3. The molecule has 0 atom stereocenters. The molecule has 0 unspecified atom stereocenters. The summed E-state index contributed by atoms with van der Waals surface area (Å²) in [5.41, 5.74) is -0.150. The third-order valence-electron chi connectivity index (χ3n) is 2.82. The van der Waals surface area contributed by atoms with Gasteiger partial charge in [-0.3, -0.25) is 9.36 Å². The van der Waals surface area contributed by atoms with E-state index in [0.717, 1.165) is 11.0 Å². The first-order valence-electron chi connectivity index (χ1n) is 6.14. The highest BCUT2D eigenvalue weighted by molar-refractivity contribution is 6.32. The molecular formula is C13H13Cl2N3O2. The Morgan fingerprint density at radius 3 is 2.60 bits per heavy atom. The van der Waals surface area contributed by atoms with Gasteiger partial charge in [0.15, 0.2) is 0 Å². The zero-order valence-electron chi connectivity index (χ0n) is 10.8. The second-order valence-electron chi connectivity index (χ2n) is 4.30. The predicted molar refractivity (Wildman–Crippen MR) is 78.6 cm³/mol. The minimum absolute atomic E-state index is 0.0746. The maximum Gasteiger partial charge on any atom is 0.331 e. The lowest BCUT2D eigenvalue weighted by molar-refractivity contribution is 0.570. The van der Waals surface area contributed by atoms with Crippen LogP contribution < -0.4 is 11.2 Å². The fraction of sp³-hybridized carbons (Fsp3) is 0.308. The van der Waals surface area contributed by atoms with Gasteiger partial charge in [-0.1, -0.05) is 36.2 Å². The number of halogens is 2. The first kappa shape index (κ1) is 14.8. The van der Waals surface area contributed by atoms with Crippen LogP contribution in [0.5, 0.6) is 0 Å². The molecule has 20 heavy (non-hydrogen) atoms. The van der Waals surface area contributed by atoms with Gasteiger partial charge in [0.1, 0.15) is 10.3 Å². The maximum absolute atomic E-state index is 12.2. The summed E-state index contributed by atoms with van der Waals surface area (Å²) < 4.78 is 2.63. The Kier molecular flexibility index (Phi) is 4.62. The molecule has 2 heterocycles. The van der Waals surface area contributed by atoms with E-state index in [1.165, 1.54) is 16.8 Å². The van der Waals surface area contributed by atoms with Crippen molar-refractivity contribution >= 4 is 23.2 Å². The number of hydrogen-bond acceptors (Lipinski definition) is 3. The van der Waals surface area contributed by atoms with Crippen LogP contribution in [0.2, 0.25) is 10.3 Å². The van der Waals surface area contributed by atoms with Crippen LogP contribution in [-0.2, 0) is 13.1 Å². The highest BCUT2D eigenvalue weighted by atomic mass is 35.5. The van der Waals surface area contributed by atoms with Gasteiger partial charge in [-0.15, -0.1) is 0 Å². The van der Waals surface area contributed by atoms with E-state index in [1.807, 2.05) is 6.92 Å². The number of aryl methyl sites for hydroxylation is 1. The summed E-state index contributed by atoms with van der Waals surface area (Å²) in [7, 11) is 0. The zero-order chi connectivity index (χ0) is 14.7. The highest BCUT2D eigenvalue weighted by Crippen LogP contribution is 2.16. The van der Waals surface area contributed by atoms with E-state index in [-0.39, 0.29) is 28.1 Å². The summed E-state index contributed by atoms with van der Waals surface area (Å²) in [4.78, 5) is 27.9. The Labute approximate surface area is 125 Å². The van der Waals surface area contributed by atoms with Gasteiger partial charge in [0, 0.05) is 24.4 Å². The Balaban J connectivity index is 2.45. The molecule has 0 N–H and O–H groups in total. The second kappa shape index (κ2) is 6.24. The monoisotopic (exact) mass is 313 g/mol.